The van der Waals surface area contributed by atoms with E-state index in [1.807, 2.05) is 30.3 Å². The average molecular weight is 314 g/mol. The van der Waals surface area contributed by atoms with E-state index in [0.29, 0.717) is 12.3 Å². The monoisotopic (exact) mass is 314 g/mol. The van der Waals surface area contributed by atoms with Gasteiger partial charge in [-0.15, -0.1) is 0 Å². The summed E-state index contributed by atoms with van der Waals surface area (Å²) in [6.45, 7) is 0.327. The highest BCUT2D eigenvalue weighted by molar-refractivity contribution is 5.95. The van der Waals surface area contributed by atoms with Crippen molar-refractivity contribution in [1.29, 1.82) is 0 Å². The lowest BCUT2D eigenvalue weighted by Gasteiger charge is -2.17. The summed E-state index contributed by atoms with van der Waals surface area (Å²) in [5.74, 6) is -1.80. The molecule has 23 heavy (non-hydrogen) atoms. The Labute approximate surface area is 134 Å². The van der Waals surface area contributed by atoms with Crippen molar-refractivity contribution in [1.82, 2.24) is 10.3 Å². The fourth-order valence-electron chi connectivity index (χ4n) is 2.30. The Hall–Kier alpha value is -2.73. The van der Waals surface area contributed by atoms with E-state index in [0.717, 1.165) is 5.56 Å². The number of carbonyl (C=O) groups excluding carboxylic acids is 1. The minimum absolute atomic E-state index is 0.0191. The molecule has 0 spiro atoms. The highest BCUT2D eigenvalue weighted by atomic mass is 16.5. The lowest BCUT2D eigenvalue weighted by atomic mass is 9.94. The Balaban J connectivity index is 2.55. The second-order valence-corrected chi connectivity index (χ2v) is 4.97. The van der Waals surface area contributed by atoms with E-state index >= 15 is 0 Å². The molecule has 0 saturated carbocycles. The molecule has 6 heteroatoms. The topological polar surface area (TPSA) is 88.5 Å². The first-order chi connectivity index (χ1) is 11.1. The van der Waals surface area contributed by atoms with Crippen molar-refractivity contribution in [3.63, 3.8) is 0 Å². The second kappa shape index (κ2) is 7.51. The highest BCUT2D eigenvalue weighted by Gasteiger charge is 2.20. The molecule has 1 atom stereocenters. The average Bonchev–Trinajstić information content (AvgIpc) is 2.59. The van der Waals surface area contributed by atoms with Gasteiger partial charge in [-0.05, 0) is 17.7 Å². The van der Waals surface area contributed by atoms with Crippen LogP contribution in [0.4, 0.5) is 0 Å². The zero-order valence-corrected chi connectivity index (χ0v) is 12.9. The number of pyridine rings is 1. The van der Waals surface area contributed by atoms with Gasteiger partial charge in [0.2, 0.25) is 0 Å². The van der Waals surface area contributed by atoms with Crippen molar-refractivity contribution in [3.8, 4) is 0 Å². The number of ether oxygens (including phenoxy) is 1. The van der Waals surface area contributed by atoms with Gasteiger partial charge < -0.3 is 15.2 Å². The van der Waals surface area contributed by atoms with Crippen LogP contribution < -0.4 is 5.32 Å². The summed E-state index contributed by atoms with van der Waals surface area (Å²) < 4.78 is 5.25. The molecule has 0 aliphatic heterocycles. The lowest BCUT2D eigenvalue weighted by Crippen LogP contribution is -2.22. The number of carboxylic acid groups (broad SMARTS) is 1. The SMILES string of the molecule is CNC(=O)c1cc(C(=O)O)cc(C(COC)c2ccccc2)n1. The predicted molar refractivity (Wildman–Crippen MR) is 84.7 cm³/mol. The first-order valence-corrected chi connectivity index (χ1v) is 7.08. The maximum atomic E-state index is 11.9. The van der Waals surface area contributed by atoms with E-state index in [1.54, 1.807) is 7.11 Å². The van der Waals surface area contributed by atoms with Gasteiger partial charge in [-0.1, -0.05) is 30.3 Å². The molecule has 6 nitrogen and oxygen atoms in total. The maximum Gasteiger partial charge on any atom is 0.335 e. The standard InChI is InChI=1S/C17H18N2O4/c1-18-16(20)15-9-12(17(21)22)8-14(19-15)13(10-23-2)11-6-4-3-5-7-11/h3-9,13H,10H2,1-2H3,(H,18,20)(H,21,22). The number of methoxy groups -OCH3 is 1. The fourth-order valence-corrected chi connectivity index (χ4v) is 2.30. The van der Waals surface area contributed by atoms with Crippen molar-refractivity contribution < 1.29 is 19.4 Å². The molecule has 120 valence electrons. The molecular formula is C17H18N2O4. The normalized spacial score (nSPS) is 11.7. The zero-order chi connectivity index (χ0) is 16.8. The third kappa shape index (κ3) is 3.92. The number of rotatable bonds is 6. The van der Waals surface area contributed by atoms with Crippen LogP contribution in [0.15, 0.2) is 42.5 Å². The van der Waals surface area contributed by atoms with Gasteiger partial charge in [0.05, 0.1) is 17.9 Å². The Morgan fingerprint density at radius 2 is 1.96 bits per heavy atom. The molecule has 1 amide bonds. The number of nitrogens with zero attached hydrogens (tertiary/aromatic N) is 1. The van der Waals surface area contributed by atoms with Gasteiger partial charge in [0, 0.05) is 20.1 Å². The summed E-state index contributed by atoms with van der Waals surface area (Å²) in [6, 6.07) is 12.2. The summed E-state index contributed by atoms with van der Waals surface area (Å²) in [7, 11) is 3.04. The third-order valence-corrected chi connectivity index (χ3v) is 3.44. The van der Waals surface area contributed by atoms with Gasteiger partial charge in [0.15, 0.2) is 0 Å². The lowest BCUT2D eigenvalue weighted by molar-refractivity contribution is 0.0696. The minimum Gasteiger partial charge on any atom is -0.478 e. The van der Waals surface area contributed by atoms with E-state index in [2.05, 4.69) is 10.3 Å². The molecule has 0 bridgehead atoms. The quantitative estimate of drug-likeness (QED) is 0.850. The molecule has 1 aromatic heterocycles. The predicted octanol–water partition coefficient (Wildman–Crippen LogP) is 1.92. The summed E-state index contributed by atoms with van der Waals surface area (Å²) in [6.07, 6.45) is 0. The molecule has 2 aromatic rings. The number of hydrogen-bond acceptors (Lipinski definition) is 4. The molecule has 0 aliphatic carbocycles. The second-order valence-electron chi connectivity index (χ2n) is 4.97. The molecule has 0 aliphatic rings. The van der Waals surface area contributed by atoms with Crippen molar-refractivity contribution in [2.24, 2.45) is 0 Å². The van der Waals surface area contributed by atoms with Gasteiger partial charge in [-0.2, -0.15) is 0 Å². The van der Waals surface area contributed by atoms with Gasteiger partial charge in [-0.25, -0.2) is 9.78 Å². The summed E-state index contributed by atoms with van der Waals surface area (Å²) in [5, 5.41) is 11.7. The van der Waals surface area contributed by atoms with Crippen LogP contribution in [-0.4, -0.2) is 42.7 Å². The van der Waals surface area contributed by atoms with Crippen molar-refractivity contribution >= 4 is 11.9 Å². The van der Waals surface area contributed by atoms with Crippen molar-refractivity contribution in [3.05, 3.63) is 65.0 Å². The highest BCUT2D eigenvalue weighted by Crippen LogP contribution is 2.25. The van der Waals surface area contributed by atoms with Crippen LogP contribution in [0.5, 0.6) is 0 Å². The minimum atomic E-state index is -1.11. The largest absolute Gasteiger partial charge is 0.478 e. The first-order valence-electron chi connectivity index (χ1n) is 7.08. The maximum absolute atomic E-state index is 11.9. The van der Waals surface area contributed by atoms with E-state index in [9.17, 15) is 14.7 Å². The van der Waals surface area contributed by atoms with Crippen LogP contribution in [0.1, 0.15) is 38.0 Å². The fraction of sp³-hybridized carbons (Fsp3) is 0.235. The Kier molecular flexibility index (Phi) is 5.43. The number of carbonyl (C=O) groups is 2. The first kappa shape index (κ1) is 16.6. The van der Waals surface area contributed by atoms with Gasteiger partial charge >= 0.3 is 5.97 Å². The van der Waals surface area contributed by atoms with Gasteiger partial charge in [0.1, 0.15) is 5.69 Å². The Bertz CT molecular complexity index is 701. The molecular weight excluding hydrogens is 296 g/mol. The number of carboxylic acids is 1. The summed E-state index contributed by atoms with van der Waals surface area (Å²) >= 11 is 0. The Morgan fingerprint density at radius 1 is 1.26 bits per heavy atom. The number of aromatic nitrogens is 1. The third-order valence-electron chi connectivity index (χ3n) is 3.44. The molecule has 0 radical (unpaired) electrons. The Morgan fingerprint density at radius 3 is 2.52 bits per heavy atom. The van der Waals surface area contributed by atoms with Crippen LogP contribution in [0.2, 0.25) is 0 Å². The number of aromatic carboxylic acids is 1. The molecule has 0 saturated heterocycles. The smallest absolute Gasteiger partial charge is 0.335 e. The molecule has 1 aromatic carbocycles. The van der Waals surface area contributed by atoms with Crippen molar-refractivity contribution in [2.45, 2.75) is 5.92 Å². The molecule has 1 unspecified atom stereocenters. The van der Waals surface area contributed by atoms with Crippen LogP contribution in [0, 0.1) is 0 Å². The zero-order valence-electron chi connectivity index (χ0n) is 12.9. The molecule has 0 fully saturated rings. The van der Waals surface area contributed by atoms with E-state index < -0.39 is 11.9 Å². The molecule has 2 N–H and O–H groups in total. The van der Waals surface area contributed by atoms with E-state index in [-0.39, 0.29) is 17.2 Å². The number of benzene rings is 1. The summed E-state index contributed by atoms with van der Waals surface area (Å²) in [5.41, 5.74) is 1.51. The van der Waals surface area contributed by atoms with Crippen LogP contribution in [0.3, 0.4) is 0 Å². The van der Waals surface area contributed by atoms with Gasteiger partial charge in [-0.3, -0.25) is 4.79 Å². The van der Waals surface area contributed by atoms with Gasteiger partial charge in [0.25, 0.3) is 5.91 Å². The number of nitrogens with one attached hydrogen (secondary N) is 1. The number of amides is 1. The molecule has 1 heterocycles. The van der Waals surface area contributed by atoms with Crippen LogP contribution >= 0.6 is 0 Å². The van der Waals surface area contributed by atoms with Crippen LogP contribution in [-0.2, 0) is 4.74 Å². The van der Waals surface area contributed by atoms with Crippen molar-refractivity contribution in [2.75, 3.05) is 20.8 Å². The summed E-state index contributed by atoms with van der Waals surface area (Å²) in [4.78, 5) is 27.5. The molecule has 2 rings (SSSR count). The number of hydrogen-bond donors (Lipinski definition) is 2. The van der Waals surface area contributed by atoms with E-state index in [1.165, 1.54) is 19.2 Å². The van der Waals surface area contributed by atoms with Crippen LogP contribution in [0.25, 0.3) is 0 Å². The van der Waals surface area contributed by atoms with E-state index in [4.69, 9.17) is 4.74 Å².